The third-order valence-electron chi connectivity index (χ3n) is 4.72. The highest BCUT2D eigenvalue weighted by atomic mass is 16.5. The maximum Gasteiger partial charge on any atom is 0.122 e. The van der Waals surface area contributed by atoms with Gasteiger partial charge in [-0.1, -0.05) is 18.2 Å². The topological polar surface area (TPSA) is 58.7 Å². The lowest BCUT2D eigenvalue weighted by atomic mass is 9.99. The van der Waals surface area contributed by atoms with Crippen LogP contribution >= 0.6 is 0 Å². The fourth-order valence-electron chi connectivity index (χ4n) is 2.98. The molecule has 4 nitrogen and oxygen atoms in total. The summed E-state index contributed by atoms with van der Waals surface area (Å²) in [6.07, 6.45) is 3.28. The summed E-state index contributed by atoms with van der Waals surface area (Å²) >= 11 is 0. The first-order chi connectivity index (χ1) is 10.1. The molecule has 1 aliphatic rings. The number of nitrogens with zero attached hydrogens (tertiary/aromatic N) is 1. The van der Waals surface area contributed by atoms with Crippen molar-refractivity contribution < 1.29 is 9.84 Å². The van der Waals surface area contributed by atoms with E-state index in [9.17, 15) is 5.11 Å². The molecule has 0 aromatic heterocycles. The van der Waals surface area contributed by atoms with E-state index in [-0.39, 0.29) is 18.7 Å². The van der Waals surface area contributed by atoms with E-state index in [1.165, 1.54) is 18.4 Å². The van der Waals surface area contributed by atoms with Gasteiger partial charge in [-0.2, -0.15) is 0 Å². The van der Waals surface area contributed by atoms with Crippen molar-refractivity contribution in [2.75, 3.05) is 20.8 Å². The number of hydrogen-bond donors (Lipinski definition) is 2. The van der Waals surface area contributed by atoms with Crippen LogP contribution < -0.4 is 10.5 Å². The molecule has 4 heteroatoms. The van der Waals surface area contributed by atoms with Gasteiger partial charge in [-0.15, -0.1) is 0 Å². The first kappa shape index (κ1) is 16.3. The van der Waals surface area contributed by atoms with Gasteiger partial charge in [-0.05, 0) is 50.8 Å². The van der Waals surface area contributed by atoms with Gasteiger partial charge in [-0.25, -0.2) is 0 Å². The largest absolute Gasteiger partial charge is 0.496 e. The lowest BCUT2D eigenvalue weighted by Gasteiger charge is -2.36. The number of ether oxygens (including phenoxy) is 1. The number of hydrogen-bond acceptors (Lipinski definition) is 4. The summed E-state index contributed by atoms with van der Waals surface area (Å²) in [7, 11) is 3.76. The highest BCUT2D eigenvalue weighted by Gasteiger charge is 2.36. The van der Waals surface area contributed by atoms with Crippen LogP contribution in [0.2, 0.25) is 0 Å². The summed E-state index contributed by atoms with van der Waals surface area (Å²) in [5, 5.41) is 9.71. The van der Waals surface area contributed by atoms with Crippen LogP contribution in [0.25, 0.3) is 0 Å². The van der Waals surface area contributed by atoms with Crippen LogP contribution in [0.1, 0.15) is 25.3 Å². The maximum atomic E-state index is 9.71. The van der Waals surface area contributed by atoms with Gasteiger partial charge in [0, 0.05) is 18.1 Å². The van der Waals surface area contributed by atoms with Crippen molar-refractivity contribution >= 4 is 0 Å². The van der Waals surface area contributed by atoms with Crippen LogP contribution in [-0.4, -0.2) is 48.9 Å². The van der Waals surface area contributed by atoms with E-state index < -0.39 is 0 Å². The van der Waals surface area contributed by atoms with Crippen molar-refractivity contribution in [2.45, 2.75) is 44.3 Å². The number of nitrogens with two attached hydrogens (primary N) is 1. The predicted octanol–water partition coefficient (Wildman–Crippen LogP) is 1.66. The van der Waals surface area contributed by atoms with E-state index in [2.05, 4.69) is 24.9 Å². The Morgan fingerprint density at radius 2 is 2.05 bits per heavy atom. The van der Waals surface area contributed by atoms with Gasteiger partial charge in [0.1, 0.15) is 5.75 Å². The molecule has 0 spiro atoms. The van der Waals surface area contributed by atoms with Gasteiger partial charge in [0.25, 0.3) is 0 Å². The fourth-order valence-corrected chi connectivity index (χ4v) is 2.98. The lowest BCUT2D eigenvalue weighted by Crippen LogP contribution is -2.53. The van der Waals surface area contributed by atoms with Crippen LogP contribution in [-0.2, 0) is 6.42 Å². The lowest BCUT2D eigenvalue weighted by molar-refractivity contribution is 0.0909. The average molecular weight is 292 g/mol. The van der Waals surface area contributed by atoms with Crippen molar-refractivity contribution in [1.29, 1.82) is 0 Å². The zero-order chi connectivity index (χ0) is 15.4. The highest BCUT2D eigenvalue weighted by Crippen LogP contribution is 2.34. The smallest absolute Gasteiger partial charge is 0.122 e. The minimum absolute atomic E-state index is 0.0298. The minimum atomic E-state index is 0.0298. The minimum Gasteiger partial charge on any atom is -0.496 e. The quantitative estimate of drug-likeness (QED) is 0.765. The van der Waals surface area contributed by atoms with Crippen molar-refractivity contribution in [1.82, 2.24) is 4.90 Å². The SMILES string of the molecule is COc1ccccc1CC(C)N(C)C(CO)C(N)C1CC1. The van der Waals surface area contributed by atoms with Crippen LogP contribution in [0.15, 0.2) is 24.3 Å². The summed E-state index contributed by atoms with van der Waals surface area (Å²) in [6, 6.07) is 8.49. The third kappa shape index (κ3) is 3.96. The number of likely N-dealkylation sites (N-methyl/N-ethyl adjacent to an activating group) is 1. The molecular weight excluding hydrogens is 264 g/mol. The molecule has 118 valence electrons. The number of aliphatic hydroxyl groups is 1. The zero-order valence-electron chi connectivity index (χ0n) is 13.3. The van der Waals surface area contributed by atoms with Gasteiger partial charge in [0.15, 0.2) is 0 Å². The fraction of sp³-hybridized carbons (Fsp3) is 0.647. The second-order valence-electron chi connectivity index (χ2n) is 6.20. The zero-order valence-corrected chi connectivity index (χ0v) is 13.3. The van der Waals surface area contributed by atoms with Crippen molar-refractivity contribution in [3.8, 4) is 5.75 Å². The maximum absolute atomic E-state index is 9.71. The Morgan fingerprint density at radius 3 is 2.62 bits per heavy atom. The Kier molecular flexibility index (Phi) is 5.62. The molecule has 0 heterocycles. The average Bonchev–Trinajstić information content (AvgIpc) is 3.32. The summed E-state index contributed by atoms with van der Waals surface area (Å²) < 4.78 is 5.42. The van der Waals surface area contributed by atoms with Crippen molar-refractivity contribution in [2.24, 2.45) is 11.7 Å². The first-order valence-corrected chi connectivity index (χ1v) is 7.78. The van der Waals surface area contributed by atoms with Gasteiger partial charge in [-0.3, -0.25) is 4.90 Å². The molecule has 0 aliphatic heterocycles. The Morgan fingerprint density at radius 1 is 1.38 bits per heavy atom. The van der Waals surface area contributed by atoms with E-state index in [1.54, 1.807) is 7.11 Å². The first-order valence-electron chi connectivity index (χ1n) is 7.78. The molecule has 0 saturated heterocycles. The summed E-state index contributed by atoms with van der Waals surface area (Å²) in [5.74, 6) is 1.51. The summed E-state index contributed by atoms with van der Waals surface area (Å²) in [4.78, 5) is 2.22. The van der Waals surface area contributed by atoms with Crippen LogP contribution in [0.3, 0.4) is 0 Å². The van der Waals surface area contributed by atoms with Crippen LogP contribution in [0.5, 0.6) is 5.75 Å². The van der Waals surface area contributed by atoms with E-state index in [4.69, 9.17) is 10.5 Å². The normalized spacial score (nSPS) is 19.3. The van der Waals surface area contributed by atoms with E-state index in [0.717, 1.165) is 12.2 Å². The molecular formula is C17H28N2O2. The van der Waals surface area contributed by atoms with Crippen LogP contribution in [0.4, 0.5) is 0 Å². The van der Waals surface area contributed by atoms with Crippen molar-refractivity contribution in [3.63, 3.8) is 0 Å². The number of para-hydroxylation sites is 1. The molecule has 0 radical (unpaired) electrons. The Bertz CT molecular complexity index is 448. The standard InChI is InChI=1S/C17H28N2O2/c1-12(10-14-6-4-5-7-16(14)21-3)19(2)15(11-20)17(18)13-8-9-13/h4-7,12-13,15,17,20H,8-11,18H2,1-3H3. The predicted molar refractivity (Wildman–Crippen MR) is 85.5 cm³/mol. The molecule has 0 amide bonds. The summed E-state index contributed by atoms with van der Waals surface area (Å²) in [5.41, 5.74) is 7.49. The monoisotopic (exact) mass is 292 g/mol. The molecule has 1 saturated carbocycles. The molecule has 1 aromatic carbocycles. The molecule has 3 unspecified atom stereocenters. The molecule has 1 aromatic rings. The molecule has 1 aliphatic carbocycles. The number of aliphatic hydroxyl groups excluding tert-OH is 1. The third-order valence-corrected chi connectivity index (χ3v) is 4.72. The second-order valence-corrected chi connectivity index (χ2v) is 6.20. The second kappa shape index (κ2) is 7.25. The molecule has 1 fully saturated rings. The number of rotatable bonds is 8. The molecule has 2 rings (SSSR count). The Labute approximate surface area is 127 Å². The molecule has 0 bridgehead atoms. The Hall–Kier alpha value is -1.10. The van der Waals surface area contributed by atoms with E-state index in [0.29, 0.717) is 12.0 Å². The van der Waals surface area contributed by atoms with Crippen LogP contribution in [0, 0.1) is 5.92 Å². The summed E-state index contributed by atoms with van der Waals surface area (Å²) in [6.45, 7) is 2.29. The Balaban J connectivity index is 2.02. The molecule has 21 heavy (non-hydrogen) atoms. The number of benzene rings is 1. The van der Waals surface area contributed by atoms with E-state index >= 15 is 0 Å². The molecule has 3 atom stereocenters. The highest BCUT2D eigenvalue weighted by molar-refractivity contribution is 5.33. The van der Waals surface area contributed by atoms with Gasteiger partial charge in [0.2, 0.25) is 0 Å². The van der Waals surface area contributed by atoms with E-state index in [1.807, 2.05) is 18.2 Å². The molecule has 3 N–H and O–H groups in total. The number of methoxy groups -OCH3 is 1. The van der Waals surface area contributed by atoms with Crippen molar-refractivity contribution in [3.05, 3.63) is 29.8 Å². The van der Waals surface area contributed by atoms with Gasteiger partial charge in [0.05, 0.1) is 13.7 Å². The van der Waals surface area contributed by atoms with Gasteiger partial charge >= 0.3 is 0 Å². The van der Waals surface area contributed by atoms with Gasteiger partial charge < -0.3 is 15.6 Å².